The first-order valence-corrected chi connectivity index (χ1v) is 8.56. The molecule has 1 heterocycles. The summed E-state index contributed by atoms with van der Waals surface area (Å²) in [6, 6.07) is 11.3. The largest absolute Gasteiger partial charge is 0.385 e. The molecule has 2 N–H and O–H groups in total. The quantitative estimate of drug-likeness (QED) is 0.836. The van der Waals surface area contributed by atoms with Crippen LogP contribution in [-0.2, 0) is 5.60 Å². The molecule has 0 bridgehead atoms. The first-order chi connectivity index (χ1) is 11.9. The maximum Gasteiger partial charge on any atom is 0.321 e. The highest BCUT2D eigenvalue weighted by Gasteiger charge is 2.36. The Morgan fingerprint density at radius 1 is 1.24 bits per heavy atom. The van der Waals surface area contributed by atoms with Crippen molar-refractivity contribution in [2.24, 2.45) is 0 Å². The molecule has 1 aliphatic heterocycles. The lowest BCUT2D eigenvalue weighted by Gasteiger charge is -2.39. The lowest BCUT2D eigenvalue weighted by molar-refractivity contribution is -0.0161. The van der Waals surface area contributed by atoms with Crippen LogP contribution in [0.25, 0.3) is 0 Å². The van der Waals surface area contributed by atoms with Crippen molar-refractivity contribution in [3.8, 4) is 0 Å². The Hall–Kier alpha value is -2.11. The number of aryl methyl sites for hydroxylation is 1. The van der Waals surface area contributed by atoms with Crippen LogP contribution >= 0.6 is 11.6 Å². The molecule has 1 aliphatic rings. The lowest BCUT2D eigenvalue weighted by Crippen LogP contribution is -2.46. The minimum Gasteiger partial charge on any atom is -0.385 e. The number of urea groups is 1. The molecule has 6 heteroatoms. The van der Waals surface area contributed by atoms with E-state index >= 15 is 0 Å². The van der Waals surface area contributed by atoms with E-state index in [2.05, 4.69) is 5.32 Å². The summed E-state index contributed by atoms with van der Waals surface area (Å²) in [6.07, 6.45) is 0.907. The predicted molar refractivity (Wildman–Crippen MR) is 96.3 cm³/mol. The first-order valence-electron chi connectivity index (χ1n) is 8.18. The fourth-order valence-electron chi connectivity index (χ4n) is 3.27. The number of carbonyl (C=O) groups is 1. The number of carbonyl (C=O) groups excluding carboxylic acids is 1. The third-order valence-corrected chi connectivity index (χ3v) is 4.86. The molecule has 132 valence electrons. The van der Waals surface area contributed by atoms with Crippen molar-refractivity contribution >= 4 is 23.3 Å². The summed E-state index contributed by atoms with van der Waals surface area (Å²) in [7, 11) is 0. The van der Waals surface area contributed by atoms with Gasteiger partial charge in [0.25, 0.3) is 0 Å². The number of benzene rings is 2. The van der Waals surface area contributed by atoms with Crippen LogP contribution < -0.4 is 5.32 Å². The third-order valence-electron chi connectivity index (χ3n) is 4.64. The van der Waals surface area contributed by atoms with Crippen molar-refractivity contribution in [2.45, 2.75) is 25.4 Å². The first kappa shape index (κ1) is 17.7. The Balaban J connectivity index is 1.65. The Labute approximate surface area is 151 Å². The Kier molecular flexibility index (Phi) is 4.97. The van der Waals surface area contributed by atoms with Gasteiger partial charge in [0.05, 0.1) is 5.60 Å². The van der Waals surface area contributed by atoms with Gasteiger partial charge >= 0.3 is 6.03 Å². The minimum absolute atomic E-state index is 0.225. The summed E-state index contributed by atoms with van der Waals surface area (Å²) in [4.78, 5) is 14.0. The number of likely N-dealkylation sites (tertiary alicyclic amines) is 1. The molecule has 1 fully saturated rings. The van der Waals surface area contributed by atoms with Crippen molar-refractivity contribution in [1.82, 2.24) is 4.90 Å². The minimum atomic E-state index is -0.926. The van der Waals surface area contributed by atoms with Crippen molar-refractivity contribution in [2.75, 3.05) is 18.4 Å². The molecule has 0 aromatic heterocycles. The molecule has 3 rings (SSSR count). The number of nitrogens with one attached hydrogen (secondary N) is 1. The van der Waals surface area contributed by atoms with Crippen molar-refractivity contribution in [3.63, 3.8) is 0 Å². The van der Waals surface area contributed by atoms with E-state index in [0.29, 0.717) is 31.6 Å². The number of anilines is 1. The Morgan fingerprint density at radius 3 is 2.56 bits per heavy atom. The molecule has 4 nitrogen and oxygen atoms in total. The number of halogens is 2. The van der Waals surface area contributed by atoms with E-state index < -0.39 is 11.4 Å². The van der Waals surface area contributed by atoms with Gasteiger partial charge in [-0.3, -0.25) is 0 Å². The van der Waals surface area contributed by atoms with E-state index in [9.17, 15) is 14.3 Å². The van der Waals surface area contributed by atoms with Gasteiger partial charge in [-0.25, -0.2) is 9.18 Å². The van der Waals surface area contributed by atoms with E-state index in [0.717, 1.165) is 11.1 Å². The highest BCUT2D eigenvalue weighted by molar-refractivity contribution is 6.30. The molecule has 2 amide bonds. The average Bonchev–Trinajstić information content (AvgIpc) is 2.54. The van der Waals surface area contributed by atoms with Gasteiger partial charge < -0.3 is 15.3 Å². The number of piperidine rings is 1. The maximum atomic E-state index is 13.4. The second kappa shape index (κ2) is 7.02. The van der Waals surface area contributed by atoms with Gasteiger partial charge in [0, 0.05) is 23.8 Å². The number of amides is 2. The van der Waals surface area contributed by atoms with Gasteiger partial charge in [-0.05, 0) is 49.1 Å². The SMILES string of the molecule is Cc1ccccc1C1(O)CCN(C(=O)Nc2cc(F)cc(Cl)c2)CC1. The summed E-state index contributed by atoms with van der Waals surface area (Å²) in [5, 5.41) is 13.8. The van der Waals surface area contributed by atoms with Crippen LogP contribution in [0.3, 0.4) is 0 Å². The number of hydrogen-bond acceptors (Lipinski definition) is 2. The number of rotatable bonds is 2. The van der Waals surface area contributed by atoms with E-state index in [-0.39, 0.29) is 11.1 Å². The topological polar surface area (TPSA) is 52.6 Å². The van der Waals surface area contributed by atoms with Gasteiger partial charge in [0.15, 0.2) is 0 Å². The Bertz CT molecular complexity index is 768. The van der Waals surface area contributed by atoms with Gasteiger partial charge in [-0.1, -0.05) is 35.9 Å². The van der Waals surface area contributed by atoms with Gasteiger partial charge in [0.2, 0.25) is 0 Å². The van der Waals surface area contributed by atoms with E-state index in [4.69, 9.17) is 11.6 Å². The zero-order chi connectivity index (χ0) is 18.0. The molecule has 0 radical (unpaired) electrons. The molecule has 25 heavy (non-hydrogen) atoms. The summed E-state index contributed by atoms with van der Waals surface area (Å²) < 4.78 is 13.4. The van der Waals surface area contributed by atoms with Crippen LogP contribution in [0.1, 0.15) is 24.0 Å². The molecule has 2 aromatic carbocycles. The maximum absolute atomic E-state index is 13.4. The molecule has 2 aromatic rings. The average molecular weight is 363 g/mol. The molecule has 0 saturated carbocycles. The molecule has 0 atom stereocenters. The van der Waals surface area contributed by atoms with Crippen molar-refractivity contribution < 1.29 is 14.3 Å². The highest BCUT2D eigenvalue weighted by Crippen LogP contribution is 2.34. The van der Waals surface area contributed by atoms with Crippen LogP contribution in [0.2, 0.25) is 5.02 Å². The van der Waals surface area contributed by atoms with Crippen LogP contribution in [0.5, 0.6) is 0 Å². The van der Waals surface area contributed by atoms with Crippen LogP contribution in [-0.4, -0.2) is 29.1 Å². The zero-order valence-electron chi connectivity index (χ0n) is 13.9. The summed E-state index contributed by atoms with van der Waals surface area (Å²) >= 11 is 5.80. The summed E-state index contributed by atoms with van der Waals surface area (Å²) in [6.45, 7) is 2.81. The molecule has 0 spiro atoms. The summed E-state index contributed by atoms with van der Waals surface area (Å²) in [5.74, 6) is -0.504. The van der Waals surface area contributed by atoms with Gasteiger partial charge in [0.1, 0.15) is 5.82 Å². The molecule has 0 aliphatic carbocycles. The number of aliphatic hydroxyl groups is 1. The highest BCUT2D eigenvalue weighted by atomic mass is 35.5. The lowest BCUT2D eigenvalue weighted by atomic mass is 9.82. The monoisotopic (exact) mass is 362 g/mol. The standard InChI is InChI=1S/C19H20ClFN2O2/c1-13-4-2-3-5-17(13)19(25)6-8-23(9-7-19)18(24)22-16-11-14(20)10-15(21)12-16/h2-5,10-12,25H,6-9H2,1H3,(H,22,24). The normalized spacial score (nSPS) is 16.6. The molecule has 0 unspecified atom stereocenters. The van der Waals surface area contributed by atoms with Crippen LogP contribution in [0.15, 0.2) is 42.5 Å². The van der Waals surface area contributed by atoms with E-state index in [1.165, 1.54) is 18.2 Å². The van der Waals surface area contributed by atoms with Crippen molar-refractivity contribution in [3.05, 3.63) is 64.4 Å². The van der Waals surface area contributed by atoms with Gasteiger partial charge in [-0.15, -0.1) is 0 Å². The zero-order valence-corrected chi connectivity index (χ0v) is 14.7. The summed E-state index contributed by atoms with van der Waals surface area (Å²) in [5.41, 5.74) is 1.34. The molecular formula is C19H20ClFN2O2. The van der Waals surface area contributed by atoms with Crippen LogP contribution in [0, 0.1) is 12.7 Å². The van der Waals surface area contributed by atoms with E-state index in [1.54, 1.807) is 4.90 Å². The third kappa shape index (κ3) is 3.94. The predicted octanol–water partition coefficient (Wildman–Crippen LogP) is 4.30. The van der Waals surface area contributed by atoms with Gasteiger partial charge in [-0.2, -0.15) is 0 Å². The van der Waals surface area contributed by atoms with Crippen molar-refractivity contribution in [1.29, 1.82) is 0 Å². The second-order valence-electron chi connectivity index (χ2n) is 6.42. The number of nitrogens with zero attached hydrogens (tertiary/aromatic N) is 1. The Morgan fingerprint density at radius 2 is 1.92 bits per heavy atom. The molecular weight excluding hydrogens is 343 g/mol. The fraction of sp³-hybridized carbons (Fsp3) is 0.316. The van der Waals surface area contributed by atoms with Crippen LogP contribution in [0.4, 0.5) is 14.9 Å². The smallest absolute Gasteiger partial charge is 0.321 e. The fourth-order valence-corrected chi connectivity index (χ4v) is 3.49. The molecule has 1 saturated heterocycles. The second-order valence-corrected chi connectivity index (χ2v) is 6.86. The number of hydrogen-bond donors (Lipinski definition) is 2. The van der Waals surface area contributed by atoms with E-state index in [1.807, 2.05) is 31.2 Å².